The maximum atomic E-state index is 9.07. The normalized spacial score (nSPS) is 11.0. The van der Waals surface area contributed by atoms with Gasteiger partial charge in [0.2, 0.25) is 0 Å². The lowest BCUT2D eigenvalue weighted by Gasteiger charge is -2.16. The molecule has 0 saturated heterocycles. The van der Waals surface area contributed by atoms with Crippen molar-refractivity contribution in [2.75, 3.05) is 23.9 Å². The van der Waals surface area contributed by atoms with Crippen LogP contribution in [0.5, 0.6) is 0 Å². The highest BCUT2D eigenvalue weighted by Gasteiger charge is 2.18. The molecular weight excluding hydrogens is 240 g/mol. The van der Waals surface area contributed by atoms with Crippen LogP contribution in [-0.2, 0) is 5.41 Å². The van der Waals surface area contributed by atoms with Gasteiger partial charge in [0.15, 0.2) is 0 Å². The molecule has 2 nitrogen and oxygen atoms in total. The van der Waals surface area contributed by atoms with E-state index in [0.717, 1.165) is 17.8 Å². The van der Waals surface area contributed by atoms with E-state index in [2.05, 4.69) is 29.8 Å². The number of nitrogens with zero attached hydrogens (tertiary/aromatic N) is 1. The third-order valence-corrected chi connectivity index (χ3v) is 3.69. The second-order valence-electron chi connectivity index (χ2n) is 4.94. The Bertz CT molecular complexity index is 390. The topological polar surface area (TPSA) is 35.8 Å². The molecule has 0 unspecified atom stereocenters. The molecule has 0 aliphatic rings. The smallest absolute Gasteiger partial charge is 0.0766 e. The maximum absolute atomic E-state index is 9.07. The molecule has 1 aromatic rings. The molecular formula is C15H22N2S. The van der Waals surface area contributed by atoms with E-state index in [1.807, 2.05) is 37.7 Å². The first-order valence-corrected chi connectivity index (χ1v) is 7.74. The van der Waals surface area contributed by atoms with Gasteiger partial charge in [-0.25, -0.2) is 0 Å². The number of hydrogen-bond donors (Lipinski definition) is 1. The summed E-state index contributed by atoms with van der Waals surface area (Å²) in [6, 6.07) is 10.5. The Kier molecular flexibility index (Phi) is 6.07. The number of nitrogens with one attached hydrogen (secondary N) is 1. The summed E-state index contributed by atoms with van der Waals surface area (Å²) >= 11 is 1.90. The average molecular weight is 262 g/mol. The minimum atomic E-state index is -0.406. The zero-order valence-electron chi connectivity index (χ0n) is 11.5. The maximum Gasteiger partial charge on any atom is 0.0766 e. The number of unbranched alkanes of at least 4 members (excludes halogenated alkanes) is 1. The van der Waals surface area contributed by atoms with Crippen molar-refractivity contribution in [2.24, 2.45) is 0 Å². The molecule has 0 atom stereocenters. The third kappa shape index (κ3) is 4.62. The highest BCUT2D eigenvalue weighted by atomic mass is 32.2. The van der Waals surface area contributed by atoms with Crippen LogP contribution in [0.3, 0.4) is 0 Å². The monoisotopic (exact) mass is 262 g/mol. The van der Waals surface area contributed by atoms with Gasteiger partial charge in [-0.2, -0.15) is 17.0 Å². The first-order chi connectivity index (χ1) is 8.60. The van der Waals surface area contributed by atoms with E-state index in [9.17, 15) is 0 Å². The van der Waals surface area contributed by atoms with E-state index < -0.39 is 5.41 Å². The van der Waals surface area contributed by atoms with E-state index in [0.29, 0.717) is 0 Å². The Morgan fingerprint density at radius 2 is 1.89 bits per heavy atom. The van der Waals surface area contributed by atoms with Crippen molar-refractivity contribution in [3.63, 3.8) is 0 Å². The van der Waals surface area contributed by atoms with Gasteiger partial charge in [-0.3, -0.25) is 0 Å². The molecule has 0 aromatic heterocycles. The van der Waals surface area contributed by atoms with E-state index >= 15 is 0 Å². The highest BCUT2D eigenvalue weighted by Crippen LogP contribution is 2.23. The molecule has 0 fully saturated rings. The molecule has 0 saturated carbocycles. The lowest BCUT2D eigenvalue weighted by Crippen LogP contribution is -2.13. The summed E-state index contributed by atoms with van der Waals surface area (Å²) in [6.45, 7) is 4.90. The molecule has 0 aliphatic carbocycles. The van der Waals surface area contributed by atoms with Gasteiger partial charge in [-0.1, -0.05) is 12.1 Å². The van der Waals surface area contributed by atoms with Gasteiger partial charge in [-0.05, 0) is 56.4 Å². The summed E-state index contributed by atoms with van der Waals surface area (Å²) in [4.78, 5) is 0. The minimum Gasteiger partial charge on any atom is -0.385 e. The number of hydrogen-bond acceptors (Lipinski definition) is 3. The van der Waals surface area contributed by atoms with Gasteiger partial charge >= 0.3 is 0 Å². The molecule has 0 radical (unpaired) electrons. The molecule has 1 N–H and O–H groups in total. The summed E-state index contributed by atoms with van der Waals surface area (Å²) in [5.41, 5.74) is 1.80. The molecule has 1 rings (SSSR count). The number of benzene rings is 1. The highest BCUT2D eigenvalue weighted by molar-refractivity contribution is 7.98. The molecule has 3 heteroatoms. The number of thioether (sulfide) groups is 1. The van der Waals surface area contributed by atoms with Gasteiger partial charge in [0, 0.05) is 12.2 Å². The Balaban J connectivity index is 2.44. The third-order valence-electron chi connectivity index (χ3n) is 2.99. The van der Waals surface area contributed by atoms with Gasteiger partial charge in [0.25, 0.3) is 0 Å². The quantitative estimate of drug-likeness (QED) is 0.753. The number of nitriles is 1. The lowest BCUT2D eigenvalue weighted by molar-refractivity contribution is 0.687. The van der Waals surface area contributed by atoms with Crippen LogP contribution in [0.2, 0.25) is 0 Å². The Morgan fingerprint density at radius 3 is 2.44 bits per heavy atom. The van der Waals surface area contributed by atoms with E-state index in [1.165, 1.54) is 18.6 Å². The van der Waals surface area contributed by atoms with Crippen LogP contribution >= 0.6 is 11.8 Å². The summed E-state index contributed by atoms with van der Waals surface area (Å²) in [7, 11) is 0. The standard InChI is InChI=1S/C15H22N2S/c1-15(2,12-16)13-6-8-14(9-7-13)17-10-4-5-11-18-3/h6-9,17H,4-5,10-11H2,1-3H3. The van der Waals surface area contributed by atoms with E-state index in [1.54, 1.807) is 0 Å². The second kappa shape index (κ2) is 7.33. The molecule has 1 aromatic carbocycles. The molecule has 0 amide bonds. The summed E-state index contributed by atoms with van der Waals surface area (Å²) in [6.07, 6.45) is 4.60. The summed E-state index contributed by atoms with van der Waals surface area (Å²) in [5, 5.41) is 12.5. The van der Waals surface area contributed by atoms with Gasteiger partial charge in [-0.15, -0.1) is 0 Å². The molecule has 18 heavy (non-hydrogen) atoms. The SMILES string of the molecule is CSCCCCNc1ccc(C(C)(C)C#N)cc1. The van der Waals surface area contributed by atoms with Crippen molar-refractivity contribution in [2.45, 2.75) is 32.1 Å². The zero-order chi connectivity index (χ0) is 13.4. The Labute approximate surface area is 115 Å². The molecule has 98 valence electrons. The van der Waals surface area contributed by atoms with Crippen LogP contribution in [0.4, 0.5) is 5.69 Å². The fourth-order valence-electron chi connectivity index (χ4n) is 1.67. The summed E-state index contributed by atoms with van der Waals surface area (Å²) < 4.78 is 0. The molecule has 0 bridgehead atoms. The molecule has 0 aliphatic heterocycles. The molecule has 0 spiro atoms. The van der Waals surface area contributed by atoms with Gasteiger partial charge in [0.1, 0.15) is 0 Å². The minimum absolute atomic E-state index is 0.406. The fraction of sp³-hybridized carbons (Fsp3) is 0.533. The number of rotatable bonds is 7. The predicted molar refractivity (Wildman–Crippen MR) is 81.2 cm³/mol. The van der Waals surface area contributed by atoms with Crippen molar-refractivity contribution < 1.29 is 0 Å². The van der Waals surface area contributed by atoms with Crippen molar-refractivity contribution in [1.82, 2.24) is 0 Å². The van der Waals surface area contributed by atoms with E-state index in [4.69, 9.17) is 5.26 Å². The van der Waals surface area contributed by atoms with Crippen molar-refractivity contribution >= 4 is 17.4 Å². The largest absolute Gasteiger partial charge is 0.385 e. The van der Waals surface area contributed by atoms with Crippen LogP contribution in [0.25, 0.3) is 0 Å². The van der Waals surface area contributed by atoms with Crippen LogP contribution < -0.4 is 5.32 Å². The molecule has 0 heterocycles. The first kappa shape index (κ1) is 14.9. The van der Waals surface area contributed by atoms with Crippen LogP contribution in [0.1, 0.15) is 32.3 Å². The summed E-state index contributed by atoms with van der Waals surface area (Å²) in [5.74, 6) is 1.23. The van der Waals surface area contributed by atoms with Crippen LogP contribution in [-0.4, -0.2) is 18.6 Å². The van der Waals surface area contributed by atoms with Crippen molar-refractivity contribution in [1.29, 1.82) is 5.26 Å². The lowest BCUT2D eigenvalue weighted by atomic mass is 9.86. The van der Waals surface area contributed by atoms with E-state index in [-0.39, 0.29) is 0 Å². The fourth-order valence-corrected chi connectivity index (χ4v) is 2.17. The van der Waals surface area contributed by atoms with Crippen molar-refractivity contribution in [3.05, 3.63) is 29.8 Å². The predicted octanol–water partition coefficient (Wildman–Crippen LogP) is 4.04. The first-order valence-electron chi connectivity index (χ1n) is 6.35. The Hall–Kier alpha value is -1.14. The van der Waals surface area contributed by atoms with Gasteiger partial charge in [0.05, 0.1) is 11.5 Å². The number of anilines is 1. The van der Waals surface area contributed by atoms with Crippen molar-refractivity contribution in [3.8, 4) is 6.07 Å². The average Bonchev–Trinajstić information content (AvgIpc) is 2.39. The zero-order valence-corrected chi connectivity index (χ0v) is 12.3. The van der Waals surface area contributed by atoms with Crippen LogP contribution in [0, 0.1) is 11.3 Å². The van der Waals surface area contributed by atoms with Gasteiger partial charge < -0.3 is 5.32 Å². The second-order valence-corrected chi connectivity index (χ2v) is 5.93. The Morgan fingerprint density at radius 1 is 1.22 bits per heavy atom. The van der Waals surface area contributed by atoms with Crippen LogP contribution in [0.15, 0.2) is 24.3 Å².